The zero-order valence-corrected chi connectivity index (χ0v) is 9.56. The fraction of sp³-hybridized carbons (Fsp3) is 0.333. The van der Waals surface area contributed by atoms with E-state index in [1.54, 1.807) is 23.1 Å². The number of hydrogen-bond donors (Lipinski definition) is 1. The minimum atomic E-state index is -0.126. The van der Waals surface area contributed by atoms with Gasteiger partial charge in [0.15, 0.2) is 0 Å². The first-order chi connectivity index (χ1) is 8.26. The summed E-state index contributed by atoms with van der Waals surface area (Å²) in [5, 5.41) is 11.6. The number of benzene rings is 1. The predicted octanol–water partition coefficient (Wildman–Crippen LogP) is 1.49. The van der Waals surface area contributed by atoms with Crippen LogP contribution in [0.3, 0.4) is 0 Å². The number of urea groups is 1. The lowest BCUT2D eigenvalue weighted by molar-refractivity contribution is 0.242. The van der Waals surface area contributed by atoms with Gasteiger partial charge in [0.25, 0.3) is 0 Å². The monoisotopic (exact) mass is 231 g/mol. The third-order valence-corrected chi connectivity index (χ3v) is 2.68. The summed E-state index contributed by atoms with van der Waals surface area (Å²) in [6, 6.07) is 6.97. The number of nitrogens with one attached hydrogen (secondary N) is 1. The Morgan fingerprint density at radius 3 is 3.00 bits per heavy atom. The fourth-order valence-electron chi connectivity index (χ4n) is 1.83. The third kappa shape index (κ3) is 2.16. The maximum atomic E-state index is 11.7. The van der Waals surface area contributed by atoms with Gasteiger partial charge in [-0.15, -0.1) is 0 Å². The van der Waals surface area contributed by atoms with E-state index in [0.29, 0.717) is 30.1 Å². The summed E-state index contributed by atoms with van der Waals surface area (Å²) in [5.41, 5.74) is 1.21. The number of amides is 2. The lowest BCUT2D eigenvalue weighted by Gasteiger charge is -2.28. The molecule has 0 saturated carbocycles. The molecule has 2 rings (SSSR count). The van der Waals surface area contributed by atoms with Crippen LogP contribution in [0.25, 0.3) is 0 Å². The van der Waals surface area contributed by atoms with E-state index in [1.165, 1.54) is 7.11 Å². The van der Waals surface area contributed by atoms with E-state index in [4.69, 9.17) is 10.00 Å². The average Bonchev–Trinajstić information content (AvgIpc) is 2.38. The van der Waals surface area contributed by atoms with Gasteiger partial charge >= 0.3 is 6.03 Å². The molecule has 1 aliphatic heterocycles. The Morgan fingerprint density at radius 2 is 2.35 bits per heavy atom. The smallest absolute Gasteiger partial charge is 0.321 e. The van der Waals surface area contributed by atoms with Gasteiger partial charge in [0.05, 0.1) is 24.4 Å². The Morgan fingerprint density at radius 1 is 1.53 bits per heavy atom. The van der Waals surface area contributed by atoms with Crippen LogP contribution in [0.1, 0.15) is 12.0 Å². The molecule has 2 amide bonds. The van der Waals surface area contributed by atoms with Crippen molar-refractivity contribution < 1.29 is 9.53 Å². The number of hydrogen-bond acceptors (Lipinski definition) is 3. The van der Waals surface area contributed by atoms with Gasteiger partial charge in [-0.05, 0) is 18.6 Å². The molecule has 1 N–H and O–H groups in total. The first kappa shape index (κ1) is 11.3. The van der Waals surface area contributed by atoms with Gasteiger partial charge in [-0.2, -0.15) is 5.26 Å². The highest BCUT2D eigenvalue weighted by molar-refractivity contribution is 5.94. The highest BCUT2D eigenvalue weighted by Crippen LogP contribution is 2.30. The molecule has 17 heavy (non-hydrogen) atoms. The van der Waals surface area contributed by atoms with Gasteiger partial charge in [-0.3, -0.25) is 4.90 Å². The minimum absolute atomic E-state index is 0.126. The van der Waals surface area contributed by atoms with E-state index in [1.807, 2.05) is 6.07 Å². The second-order valence-corrected chi connectivity index (χ2v) is 3.74. The van der Waals surface area contributed by atoms with Crippen molar-refractivity contribution >= 4 is 11.7 Å². The second kappa shape index (κ2) is 4.74. The Labute approximate surface area is 99.6 Å². The molecule has 5 nitrogen and oxygen atoms in total. The van der Waals surface area contributed by atoms with Crippen molar-refractivity contribution in [1.82, 2.24) is 5.32 Å². The fourth-order valence-corrected chi connectivity index (χ4v) is 1.83. The van der Waals surface area contributed by atoms with E-state index in [2.05, 4.69) is 5.32 Å². The maximum absolute atomic E-state index is 11.7. The zero-order chi connectivity index (χ0) is 12.3. The lowest BCUT2D eigenvalue weighted by atomic mass is 10.1. The second-order valence-electron chi connectivity index (χ2n) is 3.74. The lowest BCUT2D eigenvalue weighted by Crippen LogP contribution is -2.46. The molecule has 1 saturated heterocycles. The summed E-state index contributed by atoms with van der Waals surface area (Å²) >= 11 is 0. The van der Waals surface area contributed by atoms with Crippen LogP contribution in [0.2, 0.25) is 0 Å². The van der Waals surface area contributed by atoms with Crippen molar-refractivity contribution in [2.45, 2.75) is 6.42 Å². The molecule has 0 atom stereocenters. The van der Waals surface area contributed by atoms with Crippen LogP contribution < -0.4 is 15.0 Å². The SMILES string of the molecule is COc1cc(C#N)ccc1N1CCCNC1=O. The number of nitriles is 1. The number of methoxy groups -OCH3 is 1. The van der Waals surface area contributed by atoms with Gasteiger partial charge in [0, 0.05) is 19.2 Å². The number of nitrogens with zero attached hydrogens (tertiary/aromatic N) is 2. The van der Waals surface area contributed by atoms with Crippen molar-refractivity contribution in [2.24, 2.45) is 0 Å². The van der Waals surface area contributed by atoms with Gasteiger partial charge in [0.2, 0.25) is 0 Å². The van der Waals surface area contributed by atoms with E-state index >= 15 is 0 Å². The summed E-state index contributed by atoms with van der Waals surface area (Å²) in [4.78, 5) is 13.3. The molecule has 1 aromatic carbocycles. The maximum Gasteiger partial charge on any atom is 0.321 e. The van der Waals surface area contributed by atoms with Gasteiger partial charge < -0.3 is 10.1 Å². The topological polar surface area (TPSA) is 65.4 Å². The molecule has 0 spiro atoms. The minimum Gasteiger partial charge on any atom is -0.495 e. The largest absolute Gasteiger partial charge is 0.495 e. The number of anilines is 1. The molecule has 0 bridgehead atoms. The van der Waals surface area contributed by atoms with Crippen molar-refractivity contribution in [3.8, 4) is 11.8 Å². The highest BCUT2D eigenvalue weighted by Gasteiger charge is 2.22. The molecule has 1 heterocycles. The Kier molecular flexibility index (Phi) is 3.15. The molecule has 1 aromatic rings. The van der Waals surface area contributed by atoms with Crippen LogP contribution in [-0.4, -0.2) is 26.2 Å². The van der Waals surface area contributed by atoms with Gasteiger partial charge in [0.1, 0.15) is 5.75 Å². The van der Waals surface area contributed by atoms with E-state index in [9.17, 15) is 4.79 Å². The van der Waals surface area contributed by atoms with Gasteiger partial charge in [-0.1, -0.05) is 0 Å². The van der Waals surface area contributed by atoms with Crippen LogP contribution >= 0.6 is 0 Å². The Hall–Kier alpha value is -2.22. The molecule has 0 aliphatic carbocycles. The molecule has 0 aromatic heterocycles. The van der Waals surface area contributed by atoms with Crippen molar-refractivity contribution in [3.63, 3.8) is 0 Å². The predicted molar refractivity (Wildman–Crippen MR) is 63.1 cm³/mol. The quantitative estimate of drug-likeness (QED) is 0.838. The number of carbonyl (C=O) groups is 1. The Balaban J connectivity index is 2.37. The molecular formula is C12H13N3O2. The standard InChI is InChI=1S/C12H13N3O2/c1-17-11-7-9(8-13)3-4-10(11)15-6-2-5-14-12(15)16/h3-4,7H,2,5-6H2,1H3,(H,14,16). The molecule has 0 unspecified atom stereocenters. The van der Waals surface area contributed by atoms with Crippen LogP contribution in [0.5, 0.6) is 5.75 Å². The summed E-state index contributed by atoms with van der Waals surface area (Å²) in [6.07, 6.45) is 0.898. The van der Waals surface area contributed by atoms with Crippen LogP contribution in [0.4, 0.5) is 10.5 Å². The van der Waals surface area contributed by atoms with E-state index < -0.39 is 0 Å². The summed E-state index contributed by atoms with van der Waals surface area (Å²) in [7, 11) is 1.53. The number of rotatable bonds is 2. The zero-order valence-electron chi connectivity index (χ0n) is 9.56. The summed E-state index contributed by atoms with van der Waals surface area (Å²) in [6.45, 7) is 1.36. The summed E-state index contributed by atoms with van der Waals surface area (Å²) in [5.74, 6) is 0.543. The molecule has 0 radical (unpaired) electrons. The third-order valence-electron chi connectivity index (χ3n) is 2.68. The first-order valence-electron chi connectivity index (χ1n) is 5.40. The van der Waals surface area contributed by atoms with E-state index in [-0.39, 0.29) is 6.03 Å². The molecule has 1 fully saturated rings. The van der Waals surface area contributed by atoms with E-state index in [0.717, 1.165) is 6.42 Å². The first-order valence-corrected chi connectivity index (χ1v) is 5.40. The van der Waals surface area contributed by atoms with Crippen LogP contribution in [-0.2, 0) is 0 Å². The van der Waals surface area contributed by atoms with Gasteiger partial charge in [-0.25, -0.2) is 4.79 Å². The van der Waals surface area contributed by atoms with Crippen molar-refractivity contribution in [1.29, 1.82) is 5.26 Å². The number of ether oxygens (including phenoxy) is 1. The van der Waals surface area contributed by atoms with Crippen molar-refractivity contribution in [2.75, 3.05) is 25.1 Å². The summed E-state index contributed by atoms with van der Waals surface area (Å²) < 4.78 is 5.22. The number of carbonyl (C=O) groups excluding carboxylic acids is 1. The molecule has 1 aliphatic rings. The van der Waals surface area contributed by atoms with Crippen LogP contribution in [0, 0.1) is 11.3 Å². The molecule has 5 heteroatoms. The molecular weight excluding hydrogens is 218 g/mol. The Bertz CT molecular complexity index is 479. The van der Waals surface area contributed by atoms with Crippen LogP contribution in [0.15, 0.2) is 18.2 Å². The molecule has 88 valence electrons. The van der Waals surface area contributed by atoms with Crippen molar-refractivity contribution in [3.05, 3.63) is 23.8 Å². The normalized spacial score (nSPS) is 15.1. The highest BCUT2D eigenvalue weighted by atomic mass is 16.5. The average molecular weight is 231 g/mol.